The smallest absolute Gasteiger partial charge is 0.120 e. The molecule has 0 spiro atoms. The van der Waals surface area contributed by atoms with Gasteiger partial charge in [0.05, 0.1) is 18.0 Å². The van der Waals surface area contributed by atoms with Gasteiger partial charge in [-0.25, -0.2) is 0 Å². The maximum absolute atomic E-state index is 5.39. The van der Waals surface area contributed by atoms with Crippen molar-refractivity contribution in [1.29, 1.82) is 0 Å². The van der Waals surface area contributed by atoms with Crippen LogP contribution in [0.2, 0.25) is 0 Å². The summed E-state index contributed by atoms with van der Waals surface area (Å²) in [5.74, 6) is 1.51. The first-order chi connectivity index (χ1) is 9.06. The van der Waals surface area contributed by atoms with E-state index in [1.807, 2.05) is 19.1 Å². The zero-order chi connectivity index (χ0) is 13.8. The maximum Gasteiger partial charge on any atom is 0.120 e. The molecule has 0 aliphatic heterocycles. The van der Waals surface area contributed by atoms with Crippen molar-refractivity contribution in [2.24, 2.45) is 5.92 Å². The first kappa shape index (κ1) is 13.9. The normalized spacial score (nSPS) is 14.5. The summed E-state index contributed by atoms with van der Waals surface area (Å²) in [7, 11) is 0. The van der Waals surface area contributed by atoms with Crippen LogP contribution in [0.3, 0.4) is 0 Å². The molecule has 1 N–H and O–H groups in total. The van der Waals surface area contributed by atoms with Crippen molar-refractivity contribution in [1.82, 2.24) is 15.1 Å². The van der Waals surface area contributed by atoms with Crippen LogP contribution in [-0.2, 0) is 6.54 Å². The molecule has 0 fully saturated rings. The molecule has 4 heteroatoms. The highest BCUT2D eigenvalue weighted by Gasteiger charge is 2.11. The minimum Gasteiger partial charge on any atom is -0.468 e. The van der Waals surface area contributed by atoms with Gasteiger partial charge in [0.2, 0.25) is 0 Å². The number of nitrogens with zero attached hydrogens (tertiary/aromatic N) is 2. The molecular formula is C15H23N3O. The van der Waals surface area contributed by atoms with E-state index in [0.717, 1.165) is 24.5 Å². The Hall–Kier alpha value is -1.55. The van der Waals surface area contributed by atoms with Crippen molar-refractivity contribution in [3.8, 4) is 0 Å². The molecule has 0 aliphatic rings. The lowest BCUT2D eigenvalue weighted by Crippen LogP contribution is -2.27. The average Bonchev–Trinajstić information content (AvgIpc) is 2.97. The predicted molar refractivity (Wildman–Crippen MR) is 76.0 cm³/mol. The van der Waals surface area contributed by atoms with Crippen molar-refractivity contribution >= 4 is 0 Å². The average molecular weight is 261 g/mol. The quantitative estimate of drug-likeness (QED) is 0.869. The molecule has 0 saturated carbocycles. The summed E-state index contributed by atoms with van der Waals surface area (Å²) >= 11 is 0. The van der Waals surface area contributed by atoms with E-state index in [2.05, 4.69) is 41.9 Å². The molecule has 2 rings (SSSR count). The fraction of sp³-hybridized carbons (Fsp3) is 0.533. The van der Waals surface area contributed by atoms with E-state index in [-0.39, 0.29) is 6.04 Å². The van der Waals surface area contributed by atoms with Crippen molar-refractivity contribution in [2.75, 3.05) is 6.54 Å². The van der Waals surface area contributed by atoms with Crippen LogP contribution in [0.4, 0.5) is 0 Å². The van der Waals surface area contributed by atoms with E-state index < -0.39 is 0 Å². The van der Waals surface area contributed by atoms with Crippen LogP contribution in [0.5, 0.6) is 0 Å². The second kappa shape index (κ2) is 6.06. The van der Waals surface area contributed by atoms with Gasteiger partial charge in [-0.1, -0.05) is 6.92 Å². The minimum absolute atomic E-state index is 0.248. The number of nitrogens with one attached hydrogen (secondary N) is 1. The standard InChI is InChI=1S/C15H23N3O/c1-11(10-18-13(3)8-12(2)17-18)9-16-14(4)15-6-5-7-19-15/h5-8,11,14,16H,9-10H2,1-4H3/t11-,14+/m0/s1. The molecule has 2 aromatic rings. The topological polar surface area (TPSA) is 43.0 Å². The molecule has 2 heterocycles. The molecule has 0 saturated heterocycles. The molecule has 0 radical (unpaired) electrons. The number of aryl methyl sites for hydroxylation is 2. The van der Waals surface area contributed by atoms with Gasteiger partial charge in [-0.2, -0.15) is 5.10 Å². The van der Waals surface area contributed by atoms with E-state index in [1.54, 1.807) is 6.26 Å². The summed E-state index contributed by atoms with van der Waals surface area (Å²) in [6, 6.07) is 6.29. The molecule has 4 nitrogen and oxygen atoms in total. The third kappa shape index (κ3) is 3.70. The summed E-state index contributed by atoms with van der Waals surface area (Å²) in [6.07, 6.45) is 1.72. The van der Waals surface area contributed by atoms with Crippen LogP contribution >= 0.6 is 0 Å². The molecule has 104 valence electrons. The molecule has 0 aromatic carbocycles. The SMILES string of the molecule is Cc1cc(C)n(C[C@@H](C)CN[C@H](C)c2ccco2)n1. The summed E-state index contributed by atoms with van der Waals surface area (Å²) < 4.78 is 7.47. The van der Waals surface area contributed by atoms with Gasteiger partial charge in [-0.3, -0.25) is 4.68 Å². The van der Waals surface area contributed by atoms with Gasteiger partial charge in [-0.05, 0) is 44.9 Å². The van der Waals surface area contributed by atoms with Crippen molar-refractivity contribution in [3.05, 3.63) is 41.6 Å². The predicted octanol–water partition coefficient (Wildman–Crippen LogP) is 3.08. The Kier molecular flexibility index (Phi) is 4.43. The highest BCUT2D eigenvalue weighted by Crippen LogP contribution is 2.13. The molecule has 2 aromatic heterocycles. The fourth-order valence-electron chi connectivity index (χ4n) is 2.24. The highest BCUT2D eigenvalue weighted by atomic mass is 16.3. The van der Waals surface area contributed by atoms with Crippen LogP contribution in [0.15, 0.2) is 28.9 Å². The van der Waals surface area contributed by atoms with Crippen LogP contribution in [0.25, 0.3) is 0 Å². The Bertz CT molecular complexity index is 501. The Labute approximate surface area is 114 Å². The zero-order valence-electron chi connectivity index (χ0n) is 12.2. The Balaban J connectivity index is 1.81. The van der Waals surface area contributed by atoms with E-state index in [4.69, 9.17) is 4.42 Å². The lowest BCUT2D eigenvalue weighted by atomic mass is 10.1. The summed E-state index contributed by atoms with van der Waals surface area (Å²) in [5.41, 5.74) is 2.31. The molecule has 0 unspecified atom stereocenters. The summed E-state index contributed by atoms with van der Waals surface area (Å²) in [6.45, 7) is 10.4. The number of aromatic nitrogens is 2. The van der Waals surface area contributed by atoms with Gasteiger partial charge >= 0.3 is 0 Å². The van der Waals surface area contributed by atoms with Crippen molar-refractivity contribution in [3.63, 3.8) is 0 Å². The third-order valence-electron chi connectivity index (χ3n) is 3.33. The minimum atomic E-state index is 0.248. The maximum atomic E-state index is 5.39. The second-order valence-electron chi connectivity index (χ2n) is 5.36. The molecular weight excluding hydrogens is 238 g/mol. The highest BCUT2D eigenvalue weighted by molar-refractivity contribution is 5.06. The van der Waals surface area contributed by atoms with Crippen LogP contribution in [0, 0.1) is 19.8 Å². The van der Waals surface area contributed by atoms with Crippen LogP contribution in [0.1, 0.15) is 37.0 Å². The fourth-order valence-corrected chi connectivity index (χ4v) is 2.24. The first-order valence-corrected chi connectivity index (χ1v) is 6.84. The third-order valence-corrected chi connectivity index (χ3v) is 3.33. The number of hydrogen-bond acceptors (Lipinski definition) is 3. The van der Waals surface area contributed by atoms with Crippen LogP contribution in [-0.4, -0.2) is 16.3 Å². The Morgan fingerprint density at radius 3 is 2.74 bits per heavy atom. The van der Waals surface area contributed by atoms with Gasteiger partial charge in [0.25, 0.3) is 0 Å². The monoisotopic (exact) mass is 261 g/mol. The zero-order valence-corrected chi connectivity index (χ0v) is 12.2. The molecule has 2 atom stereocenters. The molecule has 0 aliphatic carbocycles. The number of furan rings is 1. The van der Waals surface area contributed by atoms with Crippen molar-refractivity contribution < 1.29 is 4.42 Å². The molecule has 19 heavy (non-hydrogen) atoms. The summed E-state index contributed by atoms with van der Waals surface area (Å²) in [4.78, 5) is 0. The van der Waals surface area contributed by atoms with Gasteiger partial charge in [0.15, 0.2) is 0 Å². The van der Waals surface area contributed by atoms with Gasteiger partial charge in [-0.15, -0.1) is 0 Å². The second-order valence-corrected chi connectivity index (χ2v) is 5.36. The van der Waals surface area contributed by atoms with Crippen LogP contribution < -0.4 is 5.32 Å². The first-order valence-electron chi connectivity index (χ1n) is 6.84. The lowest BCUT2D eigenvalue weighted by Gasteiger charge is -2.17. The van der Waals surface area contributed by atoms with Gasteiger partial charge in [0.1, 0.15) is 5.76 Å². The number of rotatable bonds is 6. The van der Waals surface area contributed by atoms with E-state index in [1.165, 1.54) is 5.69 Å². The number of hydrogen-bond donors (Lipinski definition) is 1. The molecule has 0 bridgehead atoms. The Morgan fingerprint density at radius 1 is 1.37 bits per heavy atom. The van der Waals surface area contributed by atoms with Crippen molar-refractivity contribution in [2.45, 2.75) is 40.3 Å². The lowest BCUT2D eigenvalue weighted by molar-refractivity contribution is 0.371. The Morgan fingerprint density at radius 2 is 2.16 bits per heavy atom. The molecule has 0 amide bonds. The van der Waals surface area contributed by atoms with Gasteiger partial charge < -0.3 is 9.73 Å². The largest absolute Gasteiger partial charge is 0.468 e. The van der Waals surface area contributed by atoms with Gasteiger partial charge in [0, 0.05) is 18.8 Å². The summed E-state index contributed by atoms with van der Waals surface area (Å²) in [5, 5.41) is 7.99. The van der Waals surface area contributed by atoms with E-state index in [0.29, 0.717) is 5.92 Å². The van der Waals surface area contributed by atoms with E-state index >= 15 is 0 Å². The van der Waals surface area contributed by atoms with E-state index in [9.17, 15) is 0 Å².